The molecular formula is C25H43Cl2NO. The Morgan fingerprint density at radius 3 is 1.72 bits per heavy atom. The van der Waals surface area contributed by atoms with Gasteiger partial charge in [-0.1, -0.05) is 101 Å². The Kier molecular flexibility index (Phi) is 15.1. The van der Waals surface area contributed by atoms with Crippen LogP contribution in [-0.4, -0.2) is 29.6 Å². The third-order valence-corrected chi connectivity index (χ3v) is 6.48. The highest BCUT2D eigenvalue weighted by Gasteiger charge is 2.17. The molecule has 1 atom stereocenters. The van der Waals surface area contributed by atoms with E-state index in [0.717, 1.165) is 24.2 Å². The lowest BCUT2D eigenvalue weighted by Crippen LogP contribution is -2.31. The van der Waals surface area contributed by atoms with Crippen LogP contribution < -0.4 is 0 Å². The molecular weight excluding hydrogens is 401 g/mol. The predicted octanol–water partition coefficient (Wildman–Crippen LogP) is 8.36. The maximum absolute atomic E-state index is 10.9. The third-order valence-electron chi connectivity index (χ3n) is 5.75. The fourth-order valence-electron chi connectivity index (χ4n) is 3.89. The lowest BCUT2D eigenvalue weighted by atomic mass is 10.0. The number of unbranched alkanes of at least 4 members (excludes halogenated alkanes) is 10. The molecule has 0 aliphatic rings. The summed E-state index contributed by atoms with van der Waals surface area (Å²) in [4.78, 5) is 2.45. The van der Waals surface area contributed by atoms with Gasteiger partial charge in [0.1, 0.15) is 0 Å². The summed E-state index contributed by atoms with van der Waals surface area (Å²) >= 11 is 12.3. The minimum absolute atomic E-state index is 0.518. The van der Waals surface area contributed by atoms with E-state index in [1.54, 1.807) is 0 Å². The summed E-state index contributed by atoms with van der Waals surface area (Å²) in [5.74, 6) is 0. The summed E-state index contributed by atoms with van der Waals surface area (Å²) in [5.41, 5.74) is 1.90. The van der Waals surface area contributed by atoms with Gasteiger partial charge in [0.05, 0.1) is 16.1 Å². The molecule has 1 N–H and O–H groups in total. The zero-order chi connectivity index (χ0) is 21.5. The topological polar surface area (TPSA) is 23.5 Å². The number of halogens is 2. The molecule has 168 valence electrons. The number of aryl methyl sites for hydroxylation is 1. The van der Waals surface area contributed by atoms with Gasteiger partial charge in [0, 0.05) is 6.54 Å². The Morgan fingerprint density at radius 2 is 1.21 bits per heavy atom. The molecule has 29 heavy (non-hydrogen) atoms. The van der Waals surface area contributed by atoms with Crippen molar-refractivity contribution in [3.8, 4) is 0 Å². The zero-order valence-electron chi connectivity index (χ0n) is 19.0. The Hall–Kier alpha value is -0.280. The van der Waals surface area contributed by atoms with Crippen LogP contribution in [0.2, 0.25) is 10.0 Å². The second kappa shape index (κ2) is 16.4. The van der Waals surface area contributed by atoms with E-state index in [1.165, 1.54) is 77.0 Å². The van der Waals surface area contributed by atoms with Crippen molar-refractivity contribution in [1.82, 2.24) is 4.90 Å². The van der Waals surface area contributed by atoms with Gasteiger partial charge in [0.15, 0.2) is 0 Å². The first-order valence-corrected chi connectivity index (χ1v) is 12.6. The minimum atomic E-state index is -0.523. The summed E-state index contributed by atoms with van der Waals surface area (Å²) in [7, 11) is 0. The Balaban J connectivity index is 2.55. The van der Waals surface area contributed by atoms with Gasteiger partial charge in [-0.25, -0.2) is 0 Å². The van der Waals surface area contributed by atoms with Crippen molar-refractivity contribution in [2.24, 2.45) is 0 Å². The molecule has 1 aromatic carbocycles. The van der Waals surface area contributed by atoms with Crippen LogP contribution in [0.3, 0.4) is 0 Å². The van der Waals surface area contributed by atoms with Crippen LogP contribution in [0.4, 0.5) is 0 Å². The van der Waals surface area contributed by atoms with Crippen LogP contribution in [0.25, 0.3) is 0 Å². The first-order valence-electron chi connectivity index (χ1n) is 11.9. The Bertz CT molecular complexity index is 534. The molecule has 0 bridgehead atoms. The van der Waals surface area contributed by atoms with Crippen LogP contribution in [0.5, 0.6) is 0 Å². The van der Waals surface area contributed by atoms with Gasteiger partial charge < -0.3 is 10.0 Å². The first-order chi connectivity index (χ1) is 14.0. The van der Waals surface area contributed by atoms with Crippen LogP contribution in [0, 0.1) is 6.92 Å². The highest BCUT2D eigenvalue weighted by molar-refractivity contribution is 6.42. The lowest BCUT2D eigenvalue weighted by Gasteiger charge is -2.26. The van der Waals surface area contributed by atoms with Crippen molar-refractivity contribution in [3.05, 3.63) is 33.3 Å². The maximum atomic E-state index is 10.9. The van der Waals surface area contributed by atoms with Gasteiger partial charge in [-0.3, -0.25) is 0 Å². The van der Waals surface area contributed by atoms with Crippen LogP contribution in [0.15, 0.2) is 12.1 Å². The molecule has 1 aromatic rings. The molecule has 0 fully saturated rings. The fourth-order valence-corrected chi connectivity index (χ4v) is 4.28. The van der Waals surface area contributed by atoms with Gasteiger partial charge in [0.2, 0.25) is 0 Å². The van der Waals surface area contributed by atoms with Crippen molar-refractivity contribution in [1.29, 1.82) is 0 Å². The molecule has 0 saturated carbocycles. The van der Waals surface area contributed by atoms with Crippen molar-refractivity contribution < 1.29 is 5.11 Å². The van der Waals surface area contributed by atoms with E-state index in [4.69, 9.17) is 23.2 Å². The first kappa shape index (κ1) is 26.8. The third kappa shape index (κ3) is 11.6. The maximum Gasteiger partial charge on any atom is 0.0920 e. The molecule has 0 aliphatic heterocycles. The van der Waals surface area contributed by atoms with Crippen molar-refractivity contribution in [3.63, 3.8) is 0 Å². The summed E-state index contributed by atoms with van der Waals surface area (Å²) in [6.45, 7) is 9.32. The highest BCUT2D eigenvalue weighted by atomic mass is 35.5. The molecule has 0 spiro atoms. The van der Waals surface area contributed by atoms with E-state index in [0.29, 0.717) is 16.6 Å². The van der Waals surface area contributed by atoms with Gasteiger partial charge in [-0.05, 0) is 56.1 Å². The standard InChI is InChI=1S/C25H43Cl2NO/c1-4-6-8-10-12-14-16-28(17-15-13-11-9-7-5-2)20-25(29)22-19-24(27)23(26)18-21(22)3/h18-19,25,29H,4-17,20H2,1-3H3. The second-order valence-electron chi connectivity index (χ2n) is 8.47. The highest BCUT2D eigenvalue weighted by Crippen LogP contribution is 2.29. The average molecular weight is 445 g/mol. The number of benzene rings is 1. The number of nitrogens with zero attached hydrogens (tertiary/aromatic N) is 1. The van der Waals surface area contributed by atoms with Crippen LogP contribution in [0.1, 0.15) is 108 Å². The number of rotatable bonds is 17. The Labute approximate surface area is 190 Å². The molecule has 4 heteroatoms. The lowest BCUT2D eigenvalue weighted by molar-refractivity contribution is 0.110. The molecule has 0 aliphatic carbocycles. The van der Waals surface area contributed by atoms with Gasteiger partial charge in [0.25, 0.3) is 0 Å². The molecule has 1 unspecified atom stereocenters. The smallest absolute Gasteiger partial charge is 0.0920 e. The van der Waals surface area contributed by atoms with Gasteiger partial charge >= 0.3 is 0 Å². The second-order valence-corrected chi connectivity index (χ2v) is 9.29. The van der Waals surface area contributed by atoms with Crippen LogP contribution in [-0.2, 0) is 0 Å². The van der Waals surface area contributed by atoms with Gasteiger partial charge in [-0.2, -0.15) is 0 Å². The van der Waals surface area contributed by atoms with E-state index >= 15 is 0 Å². The van der Waals surface area contributed by atoms with Crippen LogP contribution >= 0.6 is 23.2 Å². The van der Waals surface area contributed by atoms with E-state index in [-0.39, 0.29) is 0 Å². The van der Waals surface area contributed by atoms with E-state index in [9.17, 15) is 5.11 Å². The summed E-state index contributed by atoms with van der Waals surface area (Å²) in [5, 5.41) is 12.0. The quantitative estimate of drug-likeness (QED) is 0.244. The molecule has 2 nitrogen and oxygen atoms in total. The largest absolute Gasteiger partial charge is 0.387 e. The van der Waals surface area contributed by atoms with Crippen molar-refractivity contribution >= 4 is 23.2 Å². The minimum Gasteiger partial charge on any atom is -0.387 e. The number of hydrogen-bond donors (Lipinski definition) is 1. The summed E-state index contributed by atoms with van der Waals surface area (Å²) in [6, 6.07) is 3.69. The van der Waals surface area contributed by atoms with Gasteiger partial charge in [-0.15, -0.1) is 0 Å². The summed E-state index contributed by atoms with van der Waals surface area (Å²) < 4.78 is 0. The Morgan fingerprint density at radius 1 is 0.759 bits per heavy atom. The number of aliphatic hydroxyl groups is 1. The molecule has 0 aromatic heterocycles. The van der Waals surface area contributed by atoms with Crippen molar-refractivity contribution in [2.45, 2.75) is 104 Å². The molecule has 0 amide bonds. The molecule has 0 heterocycles. The zero-order valence-corrected chi connectivity index (χ0v) is 20.5. The fraction of sp³-hybridized carbons (Fsp3) is 0.760. The van der Waals surface area contributed by atoms with Crippen molar-refractivity contribution in [2.75, 3.05) is 19.6 Å². The van der Waals surface area contributed by atoms with E-state index in [2.05, 4.69) is 18.7 Å². The summed E-state index contributed by atoms with van der Waals surface area (Å²) in [6.07, 6.45) is 15.1. The monoisotopic (exact) mass is 443 g/mol. The average Bonchev–Trinajstić information content (AvgIpc) is 2.69. The SMILES string of the molecule is CCCCCCCCN(CCCCCCCC)CC(O)c1cc(Cl)c(Cl)cc1C. The molecule has 0 saturated heterocycles. The van der Waals surface area contributed by atoms with E-state index in [1.807, 2.05) is 19.1 Å². The number of hydrogen-bond acceptors (Lipinski definition) is 2. The molecule has 0 radical (unpaired) electrons. The van der Waals surface area contributed by atoms with E-state index < -0.39 is 6.10 Å². The molecule has 1 rings (SSSR count). The number of aliphatic hydroxyl groups excluding tert-OH is 1. The normalized spacial score (nSPS) is 12.7. The predicted molar refractivity (Wildman–Crippen MR) is 129 cm³/mol.